The van der Waals surface area contributed by atoms with Crippen LogP contribution in [-0.2, 0) is 22.6 Å². The number of hydrogen-bond donors (Lipinski definition) is 0. The van der Waals surface area contributed by atoms with Gasteiger partial charge in [0, 0.05) is 16.9 Å². The van der Waals surface area contributed by atoms with Crippen molar-refractivity contribution in [2.75, 3.05) is 18.0 Å². The van der Waals surface area contributed by atoms with E-state index in [4.69, 9.17) is 16.9 Å². The summed E-state index contributed by atoms with van der Waals surface area (Å²) in [4.78, 5) is 33.0. The van der Waals surface area contributed by atoms with Gasteiger partial charge in [0.15, 0.2) is 0 Å². The summed E-state index contributed by atoms with van der Waals surface area (Å²) < 4.78 is 0. The molecule has 0 aliphatic carbocycles. The van der Waals surface area contributed by atoms with Gasteiger partial charge in [0.25, 0.3) is 0 Å². The Kier molecular flexibility index (Phi) is 5.96. The van der Waals surface area contributed by atoms with Gasteiger partial charge in [0.2, 0.25) is 11.8 Å². The lowest BCUT2D eigenvalue weighted by atomic mass is 10.0. The smallest absolute Gasteiger partial charge is 0.247 e. The van der Waals surface area contributed by atoms with E-state index in [-0.39, 0.29) is 31.4 Å². The average molecular weight is 431 g/mol. The minimum absolute atomic E-state index is 0.0156. The van der Waals surface area contributed by atoms with E-state index in [1.807, 2.05) is 24.3 Å². The number of amides is 2. The number of piperazine rings is 1. The molecule has 0 unspecified atom stereocenters. The molecule has 0 spiro atoms. The lowest BCUT2D eigenvalue weighted by Crippen LogP contribution is -2.53. The average Bonchev–Trinajstić information content (AvgIpc) is 2.78. The Morgan fingerprint density at radius 2 is 1.81 bits per heavy atom. The highest BCUT2D eigenvalue weighted by molar-refractivity contribution is 6.31. The quantitative estimate of drug-likeness (QED) is 0.620. The van der Waals surface area contributed by atoms with E-state index in [0.29, 0.717) is 22.7 Å². The zero-order valence-corrected chi connectivity index (χ0v) is 17.4. The number of aromatic nitrogens is 1. The number of carbonyl (C=O) groups is 2. The van der Waals surface area contributed by atoms with Gasteiger partial charge in [0.05, 0.1) is 23.9 Å². The standard InChI is InChI=1S/C24H19ClN4O2/c25-20-4-1-5-21(12-20)29-16-23(30)28(15-24(29)31)14-22-19(3-2-10-27-22)11-17-6-8-18(13-26)9-7-17/h1-10,12H,11,14-16H2. The van der Waals surface area contributed by atoms with Crippen LogP contribution in [0.2, 0.25) is 5.02 Å². The number of nitrogens with zero attached hydrogens (tertiary/aromatic N) is 4. The van der Waals surface area contributed by atoms with Gasteiger partial charge >= 0.3 is 0 Å². The van der Waals surface area contributed by atoms with Gasteiger partial charge in [-0.25, -0.2) is 0 Å². The minimum atomic E-state index is -0.161. The third kappa shape index (κ3) is 4.73. The Morgan fingerprint density at radius 1 is 1.00 bits per heavy atom. The molecular weight excluding hydrogens is 412 g/mol. The van der Waals surface area contributed by atoms with Crippen LogP contribution in [0.3, 0.4) is 0 Å². The number of benzene rings is 2. The fourth-order valence-corrected chi connectivity index (χ4v) is 3.74. The number of anilines is 1. The number of pyridine rings is 1. The van der Waals surface area contributed by atoms with Crippen LogP contribution in [-0.4, -0.2) is 34.8 Å². The number of halogens is 1. The number of hydrogen-bond acceptors (Lipinski definition) is 4. The summed E-state index contributed by atoms with van der Waals surface area (Å²) in [5, 5.41) is 9.48. The van der Waals surface area contributed by atoms with E-state index in [0.717, 1.165) is 16.8 Å². The van der Waals surface area contributed by atoms with Crippen molar-refractivity contribution < 1.29 is 9.59 Å². The van der Waals surface area contributed by atoms with Gasteiger partial charge < -0.3 is 9.80 Å². The van der Waals surface area contributed by atoms with Crippen molar-refractivity contribution in [3.63, 3.8) is 0 Å². The van der Waals surface area contributed by atoms with Gasteiger partial charge in [-0.15, -0.1) is 0 Å². The Hall–Kier alpha value is -3.69. The molecule has 0 atom stereocenters. The van der Waals surface area contributed by atoms with Crippen LogP contribution in [0.25, 0.3) is 0 Å². The highest BCUT2D eigenvalue weighted by Gasteiger charge is 2.31. The van der Waals surface area contributed by atoms with Crippen LogP contribution >= 0.6 is 11.6 Å². The van der Waals surface area contributed by atoms with Crippen molar-refractivity contribution in [2.24, 2.45) is 0 Å². The molecule has 1 aromatic heterocycles. The van der Waals surface area contributed by atoms with E-state index in [2.05, 4.69) is 11.1 Å². The molecule has 0 radical (unpaired) electrons. The molecule has 2 heterocycles. The van der Waals surface area contributed by atoms with Gasteiger partial charge in [-0.2, -0.15) is 5.26 Å². The van der Waals surface area contributed by atoms with Gasteiger partial charge in [-0.3, -0.25) is 14.6 Å². The Balaban J connectivity index is 1.49. The summed E-state index contributed by atoms with van der Waals surface area (Å²) in [6.45, 7) is 0.218. The molecule has 1 aliphatic heterocycles. The van der Waals surface area contributed by atoms with Crippen molar-refractivity contribution in [1.82, 2.24) is 9.88 Å². The van der Waals surface area contributed by atoms with Crippen LogP contribution in [0, 0.1) is 11.3 Å². The minimum Gasteiger partial charge on any atom is -0.326 e. The summed E-state index contributed by atoms with van der Waals surface area (Å²) >= 11 is 6.03. The maximum absolute atomic E-state index is 12.8. The van der Waals surface area contributed by atoms with Gasteiger partial charge in [-0.05, 0) is 53.9 Å². The first-order valence-corrected chi connectivity index (χ1v) is 10.2. The van der Waals surface area contributed by atoms with Crippen molar-refractivity contribution in [1.29, 1.82) is 5.26 Å². The van der Waals surface area contributed by atoms with Crippen LogP contribution in [0.15, 0.2) is 66.9 Å². The monoisotopic (exact) mass is 430 g/mol. The second kappa shape index (κ2) is 8.99. The molecule has 0 bridgehead atoms. The lowest BCUT2D eigenvalue weighted by Gasteiger charge is -2.34. The normalized spacial score (nSPS) is 13.9. The first-order chi connectivity index (χ1) is 15.0. The highest BCUT2D eigenvalue weighted by atomic mass is 35.5. The van der Waals surface area contributed by atoms with Crippen molar-refractivity contribution in [3.8, 4) is 6.07 Å². The molecule has 0 N–H and O–H groups in total. The van der Waals surface area contributed by atoms with Crippen molar-refractivity contribution in [3.05, 3.63) is 94.3 Å². The SMILES string of the molecule is N#Cc1ccc(Cc2cccnc2CN2CC(=O)N(c3cccc(Cl)c3)CC2=O)cc1. The Labute approximate surface area is 185 Å². The molecule has 3 aromatic rings. The number of carbonyl (C=O) groups excluding carboxylic acids is 2. The number of nitriles is 1. The molecule has 2 amide bonds. The molecule has 6 nitrogen and oxygen atoms in total. The molecule has 31 heavy (non-hydrogen) atoms. The van der Waals surface area contributed by atoms with Gasteiger partial charge in [-0.1, -0.05) is 35.9 Å². The summed E-state index contributed by atoms with van der Waals surface area (Å²) in [7, 11) is 0. The first kappa shape index (κ1) is 20.6. The third-order valence-electron chi connectivity index (χ3n) is 5.20. The molecule has 154 valence electrons. The molecule has 7 heteroatoms. The van der Waals surface area contributed by atoms with E-state index in [1.54, 1.807) is 42.6 Å². The fraction of sp³-hybridized carbons (Fsp3) is 0.167. The topological polar surface area (TPSA) is 77.3 Å². The van der Waals surface area contributed by atoms with E-state index in [1.165, 1.54) is 9.80 Å². The summed E-state index contributed by atoms with van der Waals surface area (Å²) in [6.07, 6.45) is 2.31. The Morgan fingerprint density at radius 3 is 2.55 bits per heavy atom. The van der Waals surface area contributed by atoms with Crippen LogP contribution in [0.1, 0.15) is 22.4 Å². The zero-order valence-electron chi connectivity index (χ0n) is 16.7. The summed E-state index contributed by atoms with van der Waals surface area (Å²) in [5.41, 5.74) is 4.00. The second-order valence-electron chi connectivity index (χ2n) is 7.30. The molecule has 1 saturated heterocycles. The maximum atomic E-state index is 12.8. The fourth-order valence-electron chi connectivity index (χ4n) is 3.56. The van der Waals surface area contributed by atoms with Crippen LogP contribution in [0.5, 0.6) is 0 Å². The molecule has 0 saturated carbocycles. The molecule has 2 aromatic carbocycles. The second-order valence-corrected chi connectivity index (χ2v) is 7.74. The van der Waals surface area contributed by atoms with Gasteiger partial charge in [0.1, 0.15) is 13.1 Å². The predicted octanol–water partition coefficient (Wildman–Crippen LogP) is 3.57. The molecule has 4 rings (SSSR count). The molecular formula is C24H19ClN4O2. The third-order valence-corrected chi connectivity index (χ3v) is 5.43. The number of rotatable bonds is 5. The predicted molar refractivity (Wildman–Crippen MR) is 117 cm³/mol. The maximum Gasteiger partial charge on any atom is 0.247 e. The van der Waals surface area contributed by atoms with E-state index in [9.17, 15) is 9.59 Å². The lowest BCUT2D eigenvalue weighted by molar-refractivity contribution is -0.138. The molecule has 1 aliphatic rings. The van der Waals surface area contributed by atoms with Crippen LogP contribution in [0.4, 0.5) is 5.69 Å². The van der Waals surface area contributed by atoms with Crippen molar-refractivity contribution in [2.45, 2.75) is 13.0 Å². The molecule has 1 fully saturated rings. The summed E-state index contributed by atoms with van der Waals surface area (Å²) in [5.74, 6) is -0.305. The first-order valence-electron chi connectivity index (χ1n) is 9.79. The Bertz CT molecular complexity index is 1170. The van der Waals surface area contributed by atoms with E-state index >= 15 is 0 Å². The summed E-state index contributed by atoms with van der Waals surface area (Å²) in [6, 6.07) is 20.2. The zero-order chi connectivity index (χ0) is 21.8. The van der Waals surface area contributed by atoms with Crippen LogP contribution < -0.4 is 4.90 Å². The largest absolute Gasteiger partial charge is 0.326 e. The highest BCUT2D eigenvalue weighted by Crippen LogP contribution is 2.23. The van der Waals surface area contributed by atoms with Crippen molar-refractivity contribution >= 4 is 29.1 Å². The van der Waals surface area contributed by atoms with E-state index < -0.39 is 0 Å².